The Labute approximate surface area is 115 Å². The third kappa shape index (κ3) is 3.46. The van der Waals surface area contributed by atoms with Gasteiger partial charge >= 0.3 is 0 Å². The first-order valence-corrected chi connectivity index (χ1v) is 6.91. The summed E-state index contributed by atoms with van der Waals surface area (Å²) in [7, 11) is 1.86. The van der Waals surface area contributed by atoms with Crippen molar-refractivity contribution in [3.63, 3.8) is 0 Å². The maximum Gasteiger partial charge on any atom is 0.222 e. The van der Waals surface area contributed by atoms with E-state index in [1.54, 1.807) is 6.20 Å². The van der Waals surface area contributed by atoms with Gasteiger partial charge in [-0.3, -0.25) is 4.79 Å². The van der Waals surface area contributed by atoms with Gasteiger partial charge in [-0.25, -0.2) is 4.98 Å². The summed E-state index contributed by atoms with van der Waals surface area (Å²) < 4.78 is 0. The van der Waals surface area contributed by atoms with Crippen molar-refractivity contribution in [2.24, 2.45) is 5.41 Å². The molecular formula is C15H23N3O. The number of carbonyl (C=O) groups excluding carboxylic acids is 1. The lowest BCUT2D eigenvalue weighted by atomic mass is 9.85. The van der Waals surface area contributed by atoms with Crippen LogP contribution in [0.5, 0.6) is 0 Å². The molecule has 1 aromatic rings. The van der Waals surface area contributed by atoms with Crippen LogP contribution in [0.15, 0.2) is 18.3 Å². The molecule has 1 amide bonds. The smallest absolute Gasteiger partial charge is 0.222 e. The molecule has 0 aliphatic carbocycles. The molecule has 0 spiro atoms. The predicted molar refractivity (Wildman–Crippen MR) is 76.8 cm³/mol. The molecule has 0 bridgehead atoms. The lowest BCUT2D eigenvalue weighted by Crippen LogP contribution is -2.30. The number of aromatic nitrogens is 1. The zero-order chi connectivity index (χ0) is 13.9. The van der Waals surface area contributed by atoms with Gasteiger partial charge < -0.3 is 10.2 Å². The molecule has 0 aromatic carbocycles. The van der Waals surface area contributed by atoms with Gasteiger partial charge in [-0.2, -0.15) is 0 Å². The number of nitrogens with one attached hydrogen (secondary N) is 1. The van der Waals surface area contributed by atoms with E-state index in [2.05, 4.69) is 24.1 Å². The molecule has 0 unspecified atom stereocenters. The van der Waals surface area contributed by atoms with E-state index in [1.807, 2.05) is 24.1 Å². The zero-order valence-corrected chi connectivity index (χ0v) is 12.1. The second-order valence-corrected chi connectivity index (χ2v) is 5.99. The van der Waals surface area contributed by atoms with Crippen LogP contribution in [0.3, 0.4) is 0 Å². The molecule has 1 aliphatic heterocycles. The molecule has 19 heavy (non-hydrogen) atoms. The van der Waals surface area contributed by atoms with Crippen molar-refractivity contribution in [2.45, 2.75) is 39.7 Å². The number of pyridine rings is 1. The maximum atomic E-state index is 12.2. The van der Waals surface area contributed by atoms with Crippen molar-refractivity contribution in [1.29, 1.82) is 0 Å². The summed E-state index contributed by atoms with van der Waals surface area (Å²) >= 11 is 0. The molecular weight excluding hydrogens is 238 g/mol. The van der Waals surface area contributed by atoms with Crippen molar-refractivity contribution in [3.8, 4) is 0 Å². The Bertz CT molecular complexity index is 456. The van der Waals surface area contributed by atoms with E-state index in [-0.39, 0.29) is 11.3 Å². The molecule has 0 radical (unpaired) electrons. The van der Waals surface area contributed by atoms with E-state index in [0.29, 0.717) is 13.0 Å². The first-order valence-electron chi connectivity index (χ1n) is 6.91. The van der Waals surface area contributed by atoms with Gasteiger partial charge in [0.1, 0.15) is 5.82 Å². The van der Waals surface area contributed by atoms with E-state index in [9.17, 15) is 4.79 Å². The summed E-state index contributed by atoms with van der Waals surface area (Å²) in [5.74, 6) is 1.12. The molecule has 1 aliphatic rings. The Kier molecular flexibility index (Phi) is 4.08. The monoisotopic (exact) mass is 261 g/mol. The summed E-state index contributed by atoms with van der Waals surface area (Å²) in [5, 5.41) is 3.08. The fourth-order valence-corrected chi connectivity index (χ4v) is 2.45. The van der Waals surface area contributed by atoms with Gasteiger partial charge in [-0.05, 0) is 24.3 Å². The minimum atomic E-state index is 0.261. The summed E-state index contributed by atoms with van der Waals surface area (Å²) in [6.45, 7) is 5.97. The normalized spacial score (nSPS) is 19.1. The van der Waals surface area contributed by atoms with Crippen molar-refractivity contribution in [3.05, 3.63) is 23.9 Å². The van der Waals surface area contributed by atoms with Gasteiger partial charge in [-0.1, -0.05) is 19.9 Å². The molecule has 2 heterocycles. The number of carbonyl (C=O) groups is 1. The number of nitrogens with zero attached hydrogens (tertiary/aromatic N) is 2. The minimum absolute atomic E-state index is 0.261. The van der Waals surface area contributed by atoms with E-state index in [1.165, 1.54) is 0 Å². The standard InChI is InChI=1S/C15H23N3O/c1-15(2)7-6-13(19)18(10-8-15)11-12-5-4-9-17-14(12)16-3/h4-5,9H,6-8,10-11H2,1-3H3,(H,16,17). The van der Waals surface area contributed by atoms with E-state index < -0.39 is 0 Å². The van der Waals surface area contributed by atoms with Crippen LogP contribution in [0.25, 0.3) is 0 Å². The molecule has 1 aromatic heterocycles. The van der Waals surface area contributed by atoms with E-state index >= 15 is 0 Å². The molecule has 4 heteroatoms. The Morgan fingerprint density at radius 3 is 2.95 bits per heavy atom. The highest BCUT2D eigenvalue weighted by Gasteiger charge is 2.27. The molecule has 1 saturated heterocycles. The van der Waals surface area contributed by atoms with Crippen LogP contribution in [0, 0.1) is 5.41 Å². The molecule has 0 saturated carbocycles. The van der Waals surface area contributed by atoms with Gasteiger partial charge in [0.05, 0.1) is 0 Å². The van der Waals surface area contributed by atoms with Gasteiger partial charge in [0.15, 0.2) is 0 Å². The van der Waals surface area contributed by atoms with Gasteiger partial charge in [0, 0.05) is 38.3 Å². The topological polar surface area (TPSA) is 45.2 Å². The summed E-state index contributed by atoms with van der Waals surface area (Å²) in [6.07, 6.45) is 4.47. The van der Waals surface area contributed by atoms with Crippen LogP contribution in [0.1, 0.15) is 38.7 Å². The largest absolute Gasteiger partial charge is 0.373 e. The number of hydrogen-bond acceptors (Lipinski definition) is 3. The Hall–Kier alpha value is -1.58. The number of amides is 1. The fourth-order valence-electron chi connectivity index (χ4n) is 2.45. The lowest BCUT2D eigenvalue weighted by molar-refractivity contribution is -0.131. The second kappa shape index (κ2) is 5.59. The summed E-state index contributed by atoms with van der Waals surface area (Å²) in [5.41, 5.74) is 1.35. The van der Waals surface area contributed by atoms with Crippen LogP contribution in [0.2, 0.25) is 0 Å². The number of anilines is 1. The van der Waals surface area contributed by atoms with Gasteiger partial charge in [0.25, 0.3) is 0 Å². The number of hydrogen-bond donors (Lipinski definition) is 1. The highest BCUT2D eigenvalue weighted by atomic mass is 16.2. The van der Waals surface area contributed by atoms with Crippen LogP contribution < -0.4 is 5.32 Å². The van der Waals surface area contributed by atoms with Crippen LogP contribution in [0.4, 0.5) is 5.82 Å². The molecule has 104 valence electrons. The number of likely N-dealkylation sites (tertiary alicyclic amines) is 1. The molecule has 1 fully saturated rings. The average Bonchev–Trinajstić information content (AvgIpc) is 2.52. The third-order valence-corrected chi connectivity index (χ3v) is 3.92. The first kappa shape index (κ1) is 13.8. The Morgan fingerprint density at radius 1 is 1.42 bits per heavy atom. The number of rotatable bonds is 3. The van der Waals surface area contributed by atoms with Crippen molar-refractivity contribution in [1.82, 2.24) is 9.88 Å². The van der Waals surface area contributed by atoms with Crippen LogP contribution in [-0.4, -0.2) is 29.4 Å². The maximum absolute atomic E-state index is 12.2. The van der Waals surface area contributed by atoms with Crippen LogP contribution >= 0.6 is 0 Å². The third-order valence-electron chi connectivity index (χ3n) is 3.92. The highest BCUT2D eigenvalue weighted by Crippen LogP contribution is 2.31. The second-order valence-electron chi connectivity index (χ2n) is 5.99. The van der Waals surface area contributed by atoms with E-state index in [0.717, 1.165) is 30.8 Å². The average molecular weight is 261 g/mol. The van der Waals surface area contributed by atoms with Gasteiger partial charge in [-0.15, -0.1) is 0 Å². The van der Waals surface area contributed by atoms with Crippen molar-refractivity contribution < 1.29 is 4.79 Å². The van der Waals surface area contributed by atoms with Gasteiger partial charge in [0.2, 0.25) is 5.91 Å². The SMILES string of the molecule is CNc1ncccc1CN1CCC(C)(C)CCC1=O. The molecule has 2 rings (SSSR count). The first-order chi connectivity index (χ1) is 9.02. The molecule has 1 N–H and O–H groups in total. The Balaban J connectivity index is 2.11. The minimum Gasteiger partial charge on any atom is -0.373 e. The molecule has 0 atom stereocenters. The van der Waals surface area contributed by atoms with Crippen molar-refractivity contribution >= 4 is 11.7 Å². The van der Waals surface area contributed by atoms with Crippen LogP contribution in [-0.2, 0) is 11.3 Å². The van der Waals surface area contributed by atoms with E-state index in [4.69, 9.17) is 0 Å². The zero-order valence-electron chi connectivity index (χ0n) is 12.1. The predicted octanol–water partition coefficient (Wildman–Crippen LogP) is 2.66. The molecule has 4 nitrogen and oxygen atoms in total. The Morgan fingerprint density at radius 2 is 2.21 bits per heavy atom. The fraction of sp³-hybridized carbons (Fsp3) is 0.600. The summed E-state index contributed by atoms with van der Waals surface area (Å²) in [6, 6.07) is 3.95. The van der Waals surface area contributed by atoms with Crippen molar-refractivity contribution in [2.75, 3.05) is 18.9 Å². The highest BCUT2D eigenvalue weighted by molar-refractivity contribution is 5.76. The summed E-state index contributed by atoms with van der Waals surface area (Å²) in [4.78, 5) is 18.4. The quantitative estimate of drug-likeness (QED) is 0.910. The lowest BCUT2D eigenvalue weighted by Gasteiger charge is -2.24.